The van der Waals surface area contributed by atoms with E-state index in [1.54, 1.807) is 0 Å². The van der Waals surface area contributed by atoms with E-state index in [0.717, 1.165) is 16.8 Å². The van der Waals surface area contributed by atoms with Crippen LogP contribution in [0.4, 0.5) is 5.69 Å². The summed E-state index contributed by atoms with van der Waals surface area (Å²) >= 11 is 0. The highest BCUT2D eigenvalue weighted by Gasteiger charge is 2.16. The lowest BCUT2D eigenvalue weighted by molar-refractivity contribution is -0.140. The van der Waals surface area contributed by atoms with Crippen LogP contribution in [0.1, 0.15) is 11.1 Å². The molecule has 0 saturated carbocycles. The Hall–Kier alpha value is -2.55. The molecule has 0 amide bonds. The molecule has 2 aromatic rings. The van der Waals surface area contributed by atoms with E-state index in [-0.39, 0.29) is 5.97 Å². The van der Waals surface area contributed by atoms with Gasteiger partial charge in [-0.2, -0.15) is 0 Å². The summed E-state index contributed by atoms with van der Waals surface area (Å²) in [5.41, 5.74) is 3.71. The molecule has 0 fully saturated rings. The van der Waals surface area contributed by atoms with E-state index >= 15 is 0 Å². The molecule has 0 aliphatic carbocycles. The van der Waals surface area contributed by atoms with Crippen molar-refractivity contribution in [1.82, 2.24) is 0 Å². The molecule has 0 radical (unpaired) electrons. The fourth-order valence-electron chi connectivity index (χ4n) is 2.16. The van der Waals surface area contributed by atoms with Crippen LogP contribution in [0.3, 0.4) is 0 Å². The number of nitrogens with one attached hydrogen (secondary N) is 1. The zero-order chi connectivity index (χ0) is 13.8. The van der Waals surface area contributed by atoms with Gasteiger partial charge < -0.3 is 10.1 Å². The predicted molar refractivity (Wildman–Crippen MR) is 79.1 cm³/mol. The first-order chi connectivity index (χ1) is 9.83. The number of hydrogen-bond acceptors (Lipinski definition) is 3. The summed E-state index contributed by atoms with van der Waals surface area (Å²) in [5.74, 6) is -0.268. The first-order valence-electron chi connectivity index (χ1n) is 6.57. The lowest BCUT2D eigenvalue weighted by Crippen LogP contribution is -2.18. The average Bonchev–Trinajstić information content (AvgIpc) is 2.53. The van der Waals surface area contributed by atoms with Crippen LogP contribution in [0.25, 0.3) is 6.08 Å². The summed E-state index contributed by atoms with van der Waals surface area (Å²) in [4.78, 5) is 12.1. The monoisotopic (exact) mass is 265 g/mol. The summed E-state index contributed by atoms with van der Waals surface area (Å²) in [6, 6.07) is 17.6. The number of benzene rings is 2. The first-order valence-corrected chi connectivity index (χ1v) is 6.57. The van der Waals surface area contributed by atoms with E-state index in [0.29, 0.717) is 18.7 Å². The number of para-hydroxylation sites is 1. The predicted octanol–water partition coefficient (Wildman–Crippen LogP) is 3.24. The molecule has 20 heavy (non-hydrogen) atoms. The maximum atomic E-state index is 12.1. The Morgan fingerprint density at radius 1 is 1.05 bits per heavy atom. The molecule has 0 spiro atoms. The van der Waals surface area contributed by atoms with Crippen molar-refractivity contribution in [3.8, 4) is 0 Å². The van der Waals surface area contributed by atoms with Crippen molar-refractivity contribution in [2.45, 2.75) is 6.61 Å². The third-order valence-electron chi connectivity index (χ3n) is 3.23. The second-order valence-electron chi connectivity index (χ2n) is 4.67. The number of fused-ring (bicyclic) bond motifs is 1. The number of carbonyl (C=O) groups is 1. The average molecular weight is 265 g/mol. The SMILES string of the molecule is O=C(OCc1ccccc1)C1=Cc2ccccc2NC1. The van der Waals surface area contributed by atoms with Gasteiger partial charge in [0.1, 0.15) is 6.61 Å². The highest BCUT2D eigenvalue weighted by atomic mass is 16.5. The molecule has 1 aliphatic heterocycles. The number of hydrogen-bond donors (Lipinski definition) is 1. The molecule has 3 nitrogen and oxygen atoms in total. The van der Waals surface area contributed by atoms with Crippen LogP contribution in [0.5, 0.6) is 0 Å². The molecule has 0 saturated heterocycles. The van der Waals surface area contributed by atoms with Gasteiger partial charge in [-0.1, -0.05) is 48.5 Å². The van der Waals surface area contributed by atoms with Crippen LogP contribution < -0.4 is 5.32 Å². The third-order valence-corrected chi connectivity index (χ3v) is 3.23. The van der Waals surface area contributed by atoms with Crippen LogP contribution in [-0.4, -0.2) is 12.5 Å². The molecule has 2 aromatic carbocycles. The van der Waals surface area contributed by atoms with Gasteiger partial charge in [0.2, 0.25) is 0 Å². The van der Waals surface area contributed by atoms with Crippen molar-refractivity contribution >= 4 is 17.7 Å². The summed E-state index contributed by atoms with van der Waals surface area (Å²) in [6.07, 6.45) is 1.89. The fourth-order valence-corrected chi connectivity index (χ4v) is 2.16. The van der Waals surface area contributed by atoms with E-state index in [4.69, 9.17) is 4.74 Å². The Labute approximate surface area is 117 Å². The maximum Gasteiger partial charge on any atom is 0.336 e. The highest BCUT2D eigenvalue weighted by Crippen LogP contribution is 2.23. The molecule has 1 N–H and O–H groups in total. The largest absolute Gasteiger partial charge is 0.457 e. The molecule has 3 heteroatoms. The minimum atomic E-state index is -0.268. The standard InChI is InChI=1S/C17H15NO2/c19-17(20-12-13-6-2-1-3-7-13)15-10-14-8-4-5-9-16(14)18-11-15/h1-10,18H,11-12H2. The van der Waals surface area contributed by atoms with E-state index < -0.39 is 0 Å². The molecule has 1 aliphatic rings. The second-order valence-corrected chi connectivity index (χ2v) is 4.67. The van der Waals surface area contributed by atoms with Gasteiger partial charge in [-0.15, -0.1) is 0 Å². The second kappa shape index (κ2) is 5.61. The van der Waals surface area contributed by atoms with Crippen molar-refractivity contribution in [3.05, 3.63) is 71.3 Å². The molecule has 100 valence electrons. The number of esters is 1. The summed E-state index contributed by atoms with van der Waals surface area (Å²) in [6.45, 7) is 0.809. The topological polar surface area (TPSA) is 38.3 Å². The van der Waals surface area contributed by atoms with Gasteiger partial charge in [-0.25, -0.2) is 4.79 Å². The molecule has 0 aromatic heterocycles. The van der Waals surface area contributed by atoms with Crippen molar-refractivity contribution in [2.75, 3.05) is 11.9 Å². The van der Waals surface area contributed by atoms with Crippen molar-refractivity contribution in [1.29, 1.82) is 0 Å². The van der Waals surface area contributed by atoms with Crippen LogP contribution in [0.15, 0.2) is 60.2 Å². The Morgan fingerprint density at radius 2 is 1.80 bits per heavy atom. The Kier molecular flexibility index (Phi) is 3.50. The van der Waals surface area contributed by atoms with Crippen molar-refractivity contribution < 1.29 is 9.53 Å². The van der Waals surface area contributed by atoms with Crippen LogP contribution >= 0.6 is 0 Å². The summed E-state index contributed by atoms with van der Waals surface area (Å²) in [7, 11) is 0. The first kappa shape index (κ1) is 12.5. The molecule has 0 unspecified atom stereocenters. The fraction of sp³-hybridized carbons (Fsp3) is 0.118. The van der Waals surface area contributed by atoms with Crippen LogP contribution in [0.2, 0.25) is 0 Å². The molecule has 1 heterocycles. The minimum Gasteiger partial charge on any atom is -0.457 e. The number of carbonyl (C=O) groups excluding carboxylic acids is 1. The minimum absolute atomic E-state index is 0.268. The van der Waals surface area contributed by atoms with Gasteiger partial charge in [0.15, 0.2) is 0 Å². The Balaban J connectivity index is 1.68. The normalized spacial score (nSPS) is 12.9. The quantitative estimate of drug-likeness (QED) is 0.866. The molecular weight excluding hydrogens is 250 g/mol. The Morgan fingerprint density at radius 3 is 2.65 bits per heavy atom. The van der Waals surface area contributed by atoms with Crippen molar-refractivity contribution in [2.24, 2.45) is 0 Å². The van der Waals surface area contributed by atoms with Gasteiger partial charge in [0.05, 0.1) is 5.57 Å². The molecule has 0 atom stereocenters. The van der Waals surface area contributed by atoms with E-state index in [2.05, 4.69) is 5.32 Å². The number of anilines is 1. The van der Waals surface area contributed by atoms with E-state index in [1.165, 1.54) is 0 Å². The van der Waals surface area contributed by atoms with Gasteiger partial charge in [0, 0.05) is 12.2 Å². The maximum absolute atomic E-state index is 12.1. The van der Waals surface area contributed by atoms with E-state index in [9.17, 15) is 4.79 Å². The Bertz CT molecular complexity index is 647. The lowest BCUT2D eigenvalue weighted by Gasteiger charge is -2.17. The summed E-state index contributed by atoms with van der Waals surface area (Å²) < 4.78 is 5.34. The van der Waals surface area contributed by atoms with Crippen molar-refractivity contribution in [3.63, 3.8) is 0 Å². The van der Waals surface area contributed by atoms with Gasteiger partial charge in [0.25, 0.3) is 0 Å². The van der Waals surface area contributed by atoms with Gasteiger partial charge in [-0.05, 0) is 23.3 Å². The van der Waals surface area contributed by atoms with Gasteiger partial charge in [-0.3, -0.25) is 0 Å². The van der Waals surface area contributed by atoms with Gasteiger partial charge >= 0.3 is 5.97 Å². The molecule has 0 bridgehead atoms. The zero-order valence-electron chi connectivity index (χ0n) is 11.0. The third kappa shape index (κ3) is 2.72. The molecule has 3 rings (SSSR count). The number of ether oxygens (including phenoxy) is 1. The molecular formula is C17H15NO2. The number of rotatable bonds is 3. The summed E-state index contributed by atoms with van der Waals surface area (Å²) in [5, 5.41) is 3.22. The van der Waals surface area contributed by atoms with Crippen LogP contribution in [0, 0.1) is 0 Å². The van der Waals surface area contributed by atoms with Crippen LogP contribution in [-0.2, 0) is 16.1 Å². The zero-order valence-corrected chi connectivity index (χ0v) is 11.0. The highest BCUT2D eigenvalue weighted by molar-refractivity contribution is 5.97. The smallest absolute Gasteiger partial charge is 0.336 e. The lowest BCUT2D eigenvalue weighted by atomic mass is 10.0. The van der Waals surface area contributed by atoms with E-state index in [1.807, 2.05) is 60.7 Å².